The first-order valence-electron chi connectivity index (χ1n) is 5.40. The molecule has 4 heteroatoms. The predicted octanol–water partition coefficient (Wildman–Crippen LogP) is 2.24. The Bertz CT molecular complexity index is 212. The summed E-state index contributed by atoms with van der Waals surface area (Å²) >= 11 is 1.30. The van der Waals surface area contributed by atoms with Crippen LogP contribution < -0.4 is 0 Å². The molecule has 0 aromatic heterocycles. The Morgan fingerprint density at radius 1 is 1.47 bits per heavy atom. The first kappa shape index (κ1) is 13.0. The summed E-state index contributed by atoms with van der Waals surface area (Å²) in [4.78, 5) is 11.8. The van der Waals surface area contributed by atoms with Gasteiger partial charge in [-0.25, -0.2) is 0 Å². The van der Waals surface area contributed by atoms with Crippen molar-refractivity contribution < 1.29 is 14.3 Å². The Kier molecular flexibility index (Phi) is 5.09. The van der Waals surface area contributed by atoms with Crippen LogP contribution in [0.25, 0.3) is 0 Å². The van der Waals surface area contributed by atoms with Gasteiger partial charge in [0.15, 0.2) is 0 Å². The van der Waals surface area contributed by atoms with Crippen LogP contribution >= 0.6 is 11.8 Å². The zero-order chi connectivity index (χ0) is 11.3. The number of ether oxygens (including phenoxy) is 2. The molecule has 0 heterocycles. The summed E-state index contributed by atoms with van der Waals surface area (Å²) in [6.07, 6.45) is 3.72. The van der Waals surface area contributed by atoms with Crippen LogP contribution in [0.2, 0.25) is 0 Å². The maximum Gasteiger partial charge on any atom is 0.220 e. The first-order chi connectivity index (χ1) is 7.06. The monoisotopic (exact) mass is 232 g/mol. The summed E-state index contributed by atoms with van der Waals surface area (Å²) in [5.74, 6) is 0.701. The second-order valence-electron chi connectivity index (χ2n) is 4.31. The highest BCUT2D eigenvalue weighted by Crippen LogP contribution is 2.29. The molecule has 1 aliphatic carbocycles. The van der Waals surface area contributed by atoms with E-state index in [1.54, 1.807) is 7.11 Å². The molecule has 88 valence electrons. The fraction of sp³-hybridized carbons (Fsp3) is 0.909. The van der Waals surface area contributed by atoms with Gasteiger partial charge in [0.1, 0.15) is 5.60 Å². The third-order valence-electron chi connectivity index (χ3n) is 2.53. The molecule has 0 bridgehead atoms. The molecule has 1 rings (SSSR count). The van der Waals surface area contributed by atoms with E-state index in [2.05, 4.69) is 0 Å². The van der Waals surface area contributed by atoms with E-state index in [-0.39, 0.29) is 5.12 Å². The molecule has 0 amide bonds. The molecule has 1 fully saturated rings. The van der Waals surface area contributed by atoms with E-state index < -0.39 is 5.60 Å². The van der Waals surface area contributed by atoms with Crippen molar-refractivity contribution in [2.24, 2.45) is 0 Å². The molecule has 0 N–H and O–H groups in total. The second-order valence-corrected chi connectivity index (χ2v) is 5.38. The lowest BCUT2D eigenvalue weighted by Crippen LogP contribution is -2.39. The van der Waals surface area contributed by atoms with Crippen LogP contribution in [0.3, 0.4) is 0 Å². The molecule has 0 aromatic rings. The lowest BCUT2D eigenvalue weighted by molar-refractivity contribution is -0.144. The minimum Gasteiger partial charge on any atom is -0.384 e. The van der Waals surface area contributed by atoms with E-state index >= 15 is 0 Å². The quantitative estimate of drug-likeness (QED) is 0.658. The smallest absolute Gasteiger partial charge is 0.220 e. The molecular weight excluding hydrogens is 212 g/mol. The second kappa shape index (κ2) is 5.87. The third-order valence-corrected chi connectivity index (χ3v) is 3.65. The number of carbonyl (C=O) groups is 1. The van der Waals surface area contributed by atoms with Gasteiger partial charge in [-0.05, 0) is 33.1 Å². The normalized spacial score (nSPS) is 17.5. The standard InChI is InChI=1S/C11H20O3S/c1-11(2,14-9-5-4-6-9)10(12)15-8-7-13-3/h9H,4-8H2,1-3H3. The largest absolute Gasteiger partial charge is 0.384 e. The number of hydrogen-bond donors (Lipinski definition) is 0. The van der Waals surface area contributed by atoms with Crippen molar-refractivity contribution in [2.45, 2.75) is 44.8 Å². The first-order valence-corrected chi connectivity index (χ1v) is 6.39. The van der Waals surface area contributed by atoms with Crippen LogP contribution in [0.5, 0.6) is 0 Å². The van der Waals surface area contributed by atoms with Crippen LogP contribution in [0.15, 0.2) is 0 Å². The molecule has 1 saturated carbocycles. The Labute approximate surface area is 95.9 Å². The molecule has 0 radical (unpaired) electrons. The van der Waals surface area contributed by atoms with E-state index in [4.69, 9.17) is 9.47 Å². The van der Waals surface area contributed by atoms with Crippen molar-refractivity contribution in [3.05, 3.63) is 0 Å². The fourth-order valence-corrected chi connectivity index (χ4v) is 2.18. The molecule has 3 nitrogen and oxygen atoms in total. The minimum absolute atomic E-state index is 0.103. The number of rotatable bonds is 6. The van der Waals surface area contributed by atoms with Gasteiger partial charge in [-0.3, -0.25) is 4.79 Å². The minimum atomic E-state index is -0.649. The number of hydrogen-bond acceptors (Lipinski definition) is 4. The molecule has 15 heavy (non-hydrogen) atoms. The topological polar surface area (TPSA) is 35.5 Å². The summed E-state index contributed by atoms with van der Waals surface area (Å²) in [7, 11) is 1.64. The van der Waals surface area contributed by atoms with Gasteiger partial charge >= 0.3 is 0 Å². The Morgan fingerprint density at radius 2 is 2.13 bits per heavy atom. The third kappa shape index (κ3) is 4.13. The van der Waals surface area contributed by atoms with Gasteiger partial charge < -0.3 is 9.47 Å². The van der Waals surface area contributed by atoms with Crippen LogP contribution in [-0.2, 0) is 14.3 Å². The van der Waals surface area contributed by atoms with Crippen molar-refractivity contribution in [3.8, 4) is 0 Å². The maximum absolute atomic E-state index is 11.8. The van der Waals surface area contributed by atoms with E-state index in [1.165, 1.54) is 18.2 Å². The lowest BCUT2D eigenvalue weighted by atomic mass is 9.95. The van der Waals surface area contributed by atoms with Crippen molar-refractivity contribution >= 4 is 16.9 Å². The van der Waals surface area contributed by atoms with Crippen LogP contribution in [0.1, 0.15) is 33.1 Å². The average Bonchev–Trinajstić information content (AvgIpc) is 2.12. The molecule has 0 unspecified atom stereocenters. The number of thioether (sulfide) groups is 1. The summed E-state index contributed by atoms with van der Waals surface area (Å²) < 4.78 is 10.7. The fourth-order valence-electron chi connectivity index (χ4n) is 1.34. The van der Waals surface area contributed by atoms with Gasteiger partial charge in [-0.15, -0.1) is 0 Å². The SMILES string of the molecule is COCCSC(=O)C(C)(C)OC1CCC1. The predicted molar refractivity (Wildman–Crippen MR) is 62.1 cm³/mol. The molecule has 0 aromatic carbocycles. The van der Waals surface area contributed by atoms with Crippen LogP contribution in [0, 0.1) is 0 Å². The zero-order valence-corrected chi connectivity index (χ0v) is 10.6. The molecule has 0 atom stereocenters. The van der Waals surface area contributed by atoms with Gasteiger partial charge in [0.05, 0.1) is 12.7 Å². The maximum atomic E-state index is 11.8. The lowest BCUT2D eigenvalue weighted by Gasteiger charge is -2.34. The van der Waals surface area contributed by atoms with E-state index in [0.717, 1.165) is 12.8 Å². The van der Waals surface area contributed by atoms with Crippen molar-refractivity contribution in [1.29, 1.82) is 0 Å². The molecule has 0 saturated heterocycles. The Hall–Kier alpha value is -0.0600. The Morgan fingerprint density at radius 3 is 2.60 bits per heavy atom. The zero-order valence-electron chi connectivity index (χ0n) is 9.75. The summed E-state index contributed by atoms with van der Waals surface area (Å²) in [6.45, 7) is 4.32. The highest BCUT2D eigenvalue weighted by atomic mass is 32.2. The molecular formula is C11H20O3S. The number of carbonyl (C=O) groups excluding carboxylic acids is 1. The molecule has 0 aliphatic heterocycles. The summed E-state index contributed by atoms with van der Waals surface area (Å²) in [6, 6.07) is 0. The van der Waals surface area contributed by atoms with Gasteiger partial charge in [0.25, 0.3) is 0 Å². The average molecular weight is 232 g/mol. The molecule has 1 aliphatic rings. The summed E-state index contributed by atoms with van der Waals surface area (Å²) in [5.41, 5.74) is -0.649. The van der Waals surface area contributed by atoms with Crippen molar-refractivity contribution in [2.75, 3.05) is 19.5 Å². The van der Waals surface area contributed by atoms with E-state index in [9.17, 15) is 4.79 Å². The van der Waals surface area contributed by atoms with Crippen LogP contribution in [-0.4, -0.2) is 36.3 Å². The molecule has 0 spiro atoms. The van der Waals surface area contributed by atoms with Crippen LogP contribution in [0.4, 0.5) is 0 Å². The van der Waals surface area contributed by atoms with Gasteiger partial charge in [-0.2, -0.15) is 0 Å². The highest BCUT2D eigenvalue weighted by Gasteiger charge is 2.33. The highest BCUT2D eigenvalue weighted by molar-refractivity contribution is 8.13. The van der Waals surface area contributed by atoms with Gasteiger partial charge in [-0.1, -0.05) is 11.8 Å². The van der Waals surface area contributed by atoms with E-state index in [1.807, 2.05) is 13.8 Å². The van der Waals surface area contributed by atoms with Crippen molar-refractivity contribution in [1.82, 2.24) is 0 Å². The van der Waals surface area contributed by atoms with E-state index in [0.29, 0.717) is 18.5 Å². The number of methoxy groups -OCH3 is 1. The van der Waals surface area contributed by atoms with Gasteiger partial charge in [0.2, 0.25) is 5.12 Å². The summed E-state index contributed by atoms with van der Waals surface area (Å²) in [5, 5.41) is 0.103. The van der Waals surface area contributed by atoms with Crippen molar-refractivity contribution in [3.63, 3.8) is 0 Å². The van der Waals surface area contributed by atoms with Gasteiger partial charge in [0, 0.05) is 12.9 Å². The Balaban J connectivity index is 2.27.